The summed E-state index contributed by atoms with van der Waals surface area (Å²) in [6.07, 6.45) is 39.6. The van der Waals surface area contributed by atoms with Gasteiger partial charge in [-0.1, -0.05) is 202 Å². The summed E-state index contributed by atoms with van der Waals surface area (Å²) in [5.74, 6) is 3.04. The smallest absolute Gasteiger partial charge is 0.0383 e. The fraction of sp³-hybridized carbons (Fsp3) is 1.00. The lowest BCUT2D eigenvalue weighted by Gasteiger charge is -2.31. The maximum absolute atomic E-state index is 2.37. The van der Waals surface area contributed by atoms with Gasteiger partial charge in [-0.3, -0.25) is 0 Å². The largest absolute Gasteiger partial charge is 0.0654 e. The van der Waals surface area contributed by atoms with Gasteiger partial charge in [-0.15, -0.1) is 0 Å². The van der Waals surface area contributed by atoms with Gasteiger partial charge in [0.2, 0.25) is 0 Å². The van der Waals surface area contributed by atoms with Gasteiger partial charge in [-0.05, 0) is 24.2 Å². The van der Waals surface area contributed by atoms with Gasteiger partial charge in [0, 0.05) is 0 Å². The maximum Gasteiger partial charge on any atom is -0.0383 e. The molecule has 0 aromatic carbocycles. The molecule has 0 heteroatoms. The van der Waals surface area contributed by atoms with E-state index in [0.29, 0.717) is 0 Å². The van der Waals surface area contributed by atoms with E-state index in [0.717, 1.165) is 17.8 Å². The van der Waals surface area contributed by atoms with E-state index in [1.807, 2.05) is 0 Å². The zero-order valence-corrected chi connectivity index (χ0v) is 25.8. The first-order valence-electron chi connectivity index (χ1n) is 17.2. The van der Waals surface area contributed by atoms with Crippen molar-refractivity contribution in [2.24, 2.45) is 17.8 Å². The molecule has 0 nitrogen and oxygen atoms in total. The summed E-state index contributed by atoms with van der Waals surface area (Å²) in [5.41, 5.74) is 0. The van der Waals surface area contributed by atoms with Crippen LogP contribution in [-0.2, 0) is 0 Å². The molecular weight excluding hydrogens is 420 g/mol. The van der Waals surface area contributed by atoms with E-state index in [1.54, 1.807) is 6.42 Å². The molecule has 0 N–H and O–H groups in total. The summed E-state index contributed by atoms with van der Waals surface area (Å²) in [7, 11) is 0. The molecule has 0 heterocycles. The van der Waals surface area contributed by atoms with Crippen LogP contribution in [0.3, 0.4) is 0 Å². The topological polar surface area (TPSA) is 0 Å². The standard InChI is InChI=1S/C35H72/c1-6-11-16-19-21-26-30-34(29-25-20-17-12-7-2)35(31-24-18-13-8-3)32-33(27-22-14-9-4)28-23-15-10-5/h33-35H,6-32H2,1-5H3. The van der Waals surface area contributed by atoms with Crippen LogP contribution in [0.25, 0.3) is 0 Å². The first-order chi connectivity index (χ1) is 17.2. The average molecular weight is 493 g/mol. The van der Waals surface area contributed by atoms with Crippen molar-refractivity contribution in [2.45, 2.75) is 208 Å². The Bertz CT molecular complexity index is 362. The minimum atomic E-state index is 1.01. The normalized spacial score (nSPS) is 13.5. The summed E-state index contributed by atoms with van der Waals surface area (Å²) < 4.78 is 0. The predicted molar refractivity (Wildman–Crippen MR) is 163 cm³/mol. The molecule has 0 rings (SSSR count). The van der Waals surface area contributed by atoms with E-state index < -0.39 is 0 Å². The van der Waals surface area contributed by atoms with E-state index in [2.05, 4.69) is 34.6 Å². The van der Waals surface area contributed by atoms with Gasteiger partial charge in [-0.2, -0.15) is 0 Å². The van der Waals surface area contributed by atoms with Crippen molar-refractivity contribution in [1.82, 2.24) is 0 Å². The highest BCUT2D eigenvalue weighted by Crippen LogP contribution is 2.37. The molecule has 0 fully saturated rings. The minimum absolute atomic E-state index is 1.01. The Hall–Kier alpha value is 0. The Balaban J connectivity index is 5.15. The lowest BCUT2D eigenvalue weighted by molar-refractivity contribution is 0.200. The van der Waals surface area contributed by atoms with Crippen molar-refractivity contribution < 1.29 is 0 Å². The van der Waals surface area contributed by atoms with Crippen molar-refractivity contribution in [3.05, 3.63) is 0 Å². The third-order valence-electron chi connectivity index (χ3n) is 8.77. The molecule has 0 saturated carbocycles. The third-order valence-corrected chi connectivity index (χ3v) is 8.77. The number of hydrogen-bond donors (Lipinski definition) is 0. The van der Waals surface area contributed by atoms with Crippen molar-refractivity contribution in [3.8, 4) is 0 Å². The quantitative estimate of drug-likeness (QED) is 0.0910. The summed E-state index contributed by atoms with van der Waals surface area (Å²) in [6.45, 7) is 11.8. The van der Waals surface area contributed by atoms with Gasteiger partial charge in [0.25, 0.3) is 0 Å². The summed E-state index contributed by atoms with van der Waals surface area (Å²) in [4.78, 5) is 0. The van der Waals surface area contributed by atoms with Crippen LogP contribution in [0, 0.1) is 17.8 Å². The molecule has 0 aromatic heterocycles. The highest BCUT2D eigenvalue weighted by atomic mass is 14.3. The highest BCUT2D eigenvalue weighted by molar-refractivity contribution is 4.76. The molecular formula is C35H72. The van der Waals surface area contributed by atoms with E-state index in [1.165, 1.54) is 167 Å². The molecule has 35 heavy (non-hydrogen) atoms. The van der Waals surface area contributed by atoms with Gasteiger partial charge in [0.1, 0.15) is 0 Å². The van der Waals surface area contributed by atoms with Crippen LogP contribution in [0.5, 0.6) is 0 Å². The Labute approximate surface area is 225 Å². The zero-order chi connectivity index (χ0) is 25.8. The molecule has 212 valence electrons. The zero-order valence-electron chi connectivity index (χ0n) is 25.8. The van der Waals surface area contributed by atoms with Crippen molar-refractivity contribution >= 4 is 0 Å². The lowest BCUT2D eigenvalue weighted by Crippen LogP contribution is -2.20. The van der Waals surface area contributed by atoms with Gasteiger partial charge in [0.15, 0.2) is 0 Å². The molecule has 0 aromatic rings. The second-order valence-corrected chi connectivity index (χ2v) is 12.2. The highest BCUT2D eigenvalue weighted by Gasteiger charge is 2.24. The lowest BCUT2D eigenvalue weighted by atomic mass is 9.74. The molecule has 2 atom stereocenters. The molecule has 0 bridgehead atoms. The van der Waals surface area contributed by atoms with Crippen molar-refractivity contribution in [2.75, 3.05) is 0 Å². The van der Waals surface area contributed by atoms with Crippen LogP contribution >= 0.6 is 0 Å². The van der Waals surface area contributed by atoms with E-state index in [4.69, 9.17) is 0 Å². The van der Waals surface area contributed by atoms with Crippen LogP contribution in [0.2, 0.25) is 0 Å². The van der Waals surface area contributed by atoms with Crippen LogP contribution < -0.4 is 0 Å². The van der Waals surface area contributed by atoms with Gasteiger partial charge in [0.05, 0.1) is 0 Å². The fourth-order valence-corrected chi connectivity index (χ4v) is 6.37. The number of rotatable bonds is 29. The molecule has 0 aliphatic heterocycles. The number of hydrogen-bond acceptors (Lipinski definition) is 0. The van der Waals surface area contributed by atoms with Crippen LogP contribution in [0.4, 0.5) is 0 Å². The molecule has 2 unspecified atom stereocenters. The average Bonchev–Trinajstić information content (AvgIpc) is 2.86. The number of unbranched alkanes of at least 4 members (excludes halogenated alkanes) is 16. The predicted octanol–water partition coefficient (Wildman–Crippen LogP) is 13.5. The summed E-state index contributed by atoms with van der Waals surface area (Å²) in [6, 6.07) is 0. The molecule has 0 aliphatic rings. The Morgan fingerprint density at radius 3 is 1.00 bits per heavy atom. The Kier molecular flexibility index (Phi) is 28.6. The molecule has 0 spiro atoms. The first kappa shape index (κ1) is 35.0. The second-order valence-electron chi connectivity index (χ2n) is 12.2. The first-order valence-corrected chi connectivity index (χ1v) is 17.2. The van der Waals surface area contributed by atoms with Gasteiger partial charge in [-0.25, -0.2) is 0 Å². The SMILES string of the molecule is CCCCCCCCC(CCCCCCC)C(CCCCCC)CC(CCCCC)CCCCC. The van der Waals surface area contributed by atoms with E-state index in [9.17, 15) is 0 Å². The Morgan fingerprint density at radius 1 is 0.286 bits per heavy atom. The van der Waals surface area contributed by atoms with Crippen LogP contribution in [0.15, 0.2) is 0 Å². The summed E-state index contributed by atoms with van der Waals surface area (Å²) in [5, 5.41) is 0. The molecule has 0 aliphatic carbocycles. The summed E-state index contributed by atoms with van der Waals surface area (Å²) >= 11 is 0. The molecule has 0 saturated heterocycles. The Morgan fingerprint density at radius 2 is 0.571 bits per heavy atom. The second kappa shape index (κ2) is 28.6. The third kappa shape index (κ3) is 22.9. The fourth-order valence-electron chi connectivity index (χ4n) is 6.37. The van der Waals surface area contributed by atoms with Crippen molar-refractivity contribution in [1.29, 1.82) is 0 Å². The van der Waals surface area contributed by atoms with E-state index in [-0.39, 0.29) is 0 Å². The molecule has 0 amide bonds. The van der Waals surface area contributed by atoms with Gasteiger partial charge < -0.3 is 0 Å². The monoisotopic (exact) mass is 493 g/mol. The van der Waals surface area contributed by atoms with Gasteiger partial charge >= 0.3 is 0 Å². The minimum Gasteiger partial charge on any atom is -0.0654 e. The van der Waals surface area contributed by atoms with E-state index >= 15 is 0 Å². The molecule has 0 radical (unpaired) electrons. The maximum atomic E-state index is 2.37. The van der Waals surface area contributed by atoms with Crippen LogP contribution in [-0.4, -0.2) is 0 Å². The van der Waals surface area contributed by atoms with Crippen molar-refractivity contribution in [3.63, 3.8) is 0 Å². The van der Waals surface area contributed by atoms with Crippen LogP contribution in [0.1, 0.15) is 208 Å².